The molecule has 4 nitrogen and oxygen atoms in total. The SMILES string of the molecule is CN=C(NCCCCN1CCCC1)NCc1ccsc1. The number of nitrogens with one attached hydrogen (secondary N) is 2. The summed E-state index contributed by atoms with van der Waals surface area (Å²) in [5, 5.41) is 11.0. The number of likely N-dealkylation sites (tertiary alicyclic amines) is 1. The van der Waals surface area contributed by atoms with Crippen LogP contribution in [-0.4, -0.2) is 44.1 Å². The molecule has 0 saturated carbocycles. The third-order valence-electron chi connectivity index (χ3n) is 3.66. The fourth-order valence-corrected chi connectivity index (χ4v) is 3.14. The summed E-state index contributed by atoms with van der Waals surface area (Å²) in [6, 6.07) is 2.14. The molecule has 0 spiro atoms. The van der Waals surface area contributed by atoms with E-state index in [0.717, 1.165) is 19.0 Å². The summed E-state index contributed by atoms with van der Waals surface area (Å²) >= 11 is 1.73. The Morgan fingerprint density at radius 3 is 2.85 bits per heavy atom. The topological polar surface area (TPSA) is 39.7 Å². The zero-order chi connectivity index (χ0) is 14.0. The Kier molecular flexibility index (Phi) is 6.88. The van der Waals surface area contributed by atoms with Crippen molar-refractivity contribution in [3.63, 3.8) is 0 Å². The highest BCUT2D eigenvalue weighted by Gasteiger charge is 2.09. The molecule has 2 heterocycles. The van der Waals surface area contributed by atoms with Crippen LogP contribution in [0.2, 0.25) is 0 Å². The molecular formula is C15H26N4S. The molecule has 0 radical (unpaired) electrons. The number of guanidine groups is 1. The molecule has 0 unspecified atom stereocenters. The summed E-state index contributed by atoms with van der Waals surface area (Å²) in [4.78, 5) is 6.82. The summed E-state index contributed by atoms with van der Waals surface area (Å²) in [5.41, 5.74) is 1.31. The number of aliphatic imine (C=N–C) groups is 1. The van der Waals surface area contributed by atoms with Gasteiger partial charge in [-0.2, -0.15) is 11.3 Å². The van der Waals surface area contributed by atoms with Crippen molar-refractivity contribution in [2.75, 3.05) is 33.2 Å². The smallest absolute Gasteiger partial charge is 0.191 e. The predicted molar refractivity (Wildman–Crippen MR) is 87.4 cm³/mol. The van der Waals surface area contributed by atoms with Gasteiger partial charge < -0.3 is 15.5 Å². The highest BCUT2D eigenvalue weighted by Crippen LogP contribution is 2.08. The fourth-order valence-electron chi connectivity index (χ4n) is 2.47. The van der Waals surface area contributed by atoms with E-state index >= 15 is 0 Å². The van der Waals surface area contributed by atoms with Crippen LogP contribution in [0.5, 0.6) is 0 Å². The number of hydrogen-bond donors (Lipinski definition) is 2. The first kappa shape index (κ1) is 15.3. The Morgan fingerprint density at radius 1 is 1.30 bits per heavy atom. The minimum atomic E-state index is 0.844. The largest absolute Gasteiger partial charge is 0.356 e. The zero-order valence-electron chi connectivity index (χ0n) is 12.4. The summed E-state index contributed by atoms with van der Waals surface area (Å²) in [6.45, 7) is 5.70. The van der Waals surface area contributed by atoms with Crippen molar-refractivity contribution in [3.8, 4) is 0 Å². The first-order valence-corrected chi connectivity index (χ1v) is 8.51. The Morgan fingerprint density at radius 2 is 2.15 bits per heavy atom. The van der Waals surface area contributed by atoms with Crippen molar-refractivity contribution < 1.29 is 0 Å². The van der Waals surface area contributed by atoms with Crippen LogP contribution in [0, 0.1) is 0 Å². The number of unbranched alkanes of at least 4 members (excludes halogenated alkanes) is 1. The average molecular weight is 294 g/mol. The summed E-state index contributed by atoms with van der Waals surface area (Å²) < 4.78 is 0. The molecule has 1 aromatic rings. The van der Waals surface area contributed by atoms with Gasteiger partial charge in [0.1, 0.15) is 0 Å². The van der Waals surface area contributed by atoms with Crippen molar-refractivity contribution in [2.24, 2.45) is 4.99 Å². The Hall–Kier alpha value is -1.07. The van der Waals surface area contributed by atoms with Crippen molar-refractivity contribution in [1.29, 1.82) is 0 Å². The standard InChI is InChI=1S/C15H26N4S/c1-16-15(18-12-14-6-11-20-13-14)17-7-2-3-8-19-9-4-5-10-19/h6,11,13H,2-5,7-10,12H2,1H3,(H2,16,17,18). The van der Waals surface area contributed by atoms with Crippen molar-refractivity contribution in [3.05, 3.63) is 22.4 Å². The van der Waals surface area contributed by atoms with Gasteiger partial charge in [0.2, 0.25) is 0 Å². The van der Waals surface area contributed by atoms with Gasteiger partial charge >= 0.3 is 0 Å². The molecule has 20 heavy (non-hydrogen) atoms. The highest BCUT2D eigenvalue weighted by atomic mass is 32.1. The fraction of sp³-hybridized carbons (Fsp3) is 0.667. The molecule has 0 amide bonds. The Balaban J connectivity index is 1.52. The van der Waals surface area contributed by atoms with Gasteiger partial charge in [0.15, 0.2) is 5.96 Å². The van der Waals surface area contributed by atoms with Crippen LogP contribution in [0.1, 0.15) is 31.2 Å². The van der Waals surface area contributed by atoms with E-state index in [1.54, 1.807) is 11.3 Å². The zero-order valence-corrected chi connectivity index (χ0v) is 13.2. The van der Waals surface area contributed by atoms with E-state index in [4.69, 9.17) is 0 Å². The van der Waals surface area contributed by atoms with Gasteiger partial charge in [-0.1, -0.05) is 0 Å². The lowest BCUT2D eigenvalue weighted by atomic mass is 10.3. The average Bonchev–Trinajstić information content (AvgIpc) is 3.14. The first-order chi connectivity index (χ1) is 9.88. The van der Waals surface area contributed by atoms with Crippen molar-refractivity contribution >= 4 is 17.3 Å². The van der Waals surface area contributed by atoms with Gasteiger partial charge in [0.05, 0.1) is 0 Å². The van der Waals surface area contributed by atoms with E-state index in [1.165, 1.54) is 50.9 Å². The maximum Gasteiger partial charge on any atom is 0.191 e. The molecule has 0 atom stereocenters. The predicted octanol–water partition coefficient (Wildman–Crippen LogP) is 2.29. The maximum absolute atomic E-state index is 4.25. The summed E-state index contributed by atoms with van der Waals surface area (Å²) in [7, 11) is 1.83. The lowest BCUT2D eigenvalue weighted by molar-refractivity contribution is 0.330. The molecule has 0 aromatic carbocycles. The molecule has 2 rings (SSSR count). The van der Waals surface area contributed by atoms with Crippen LogP contribution in [0.25, 0.3) is 0 Å². The van der Waals surface area contributed by atoms with Gasteiger partial charge in [-0.05, 0) is 67.7 Å². The second kappa shape index (κ2) is 8.97. The van der Waals surface area contributed by atoms with E-state index in [1.807, 2.05) is 7.05 Å². The molecule has 1 saturated heterocycles. The molecular weight excluding hydrogens is 268 g/mol. The molecule has 0 aliphatic carbocycles. The van der Waals surface area contributed by atoms with Crippen LogP contribution in [-0.2, 0) is 6.54 Å². The van der Waals surface area contributed by atoms with E-state index in [2.05, 4.69) is 37.4 Å². The Labute approximate surface area is 126 Å². The van der Waals surface area contributed by atoms with Gasteiger partial charge in [-0.25, -0.2) is 0 Å². The van der Waals surface area contributed by atoms with E-state index in [0.29, 0.717) is 0 Å². The number of hydrogen-bond acceptors (Lipinski definition) is 3. The normalized spacial score (nSPS) is 16.6. The van der Waals surface area contributed by atoms with Crippen molar-refractivity contribution in [2.45, 2.75) is 32.2 Å². The monoisotopic (exact) mass is 294 g/mol. The first-order valence-electron chi connectivity index (χ1n) is 7.56. The van der Waals surface area contributed by atoms with Crippen LogP contribution in [0.4, 0.5) is 0 Å². The maximum atomic E-state index is 4.25. The van der Waals surface area contributed by atoms with Gasteiger partial charge in [0.25, 0.3) is 0 Å². The lowest BCUT2D eigenvalue weighted by Gasteiger charge is -2.15. The molecule has 0 bridgehead atoms. The van der Waals surface area contributed by atoms with Crippen molar-refractivity contribution in [1.82, 2.24) is 15.5 Å². The third kappa shape index (κ3) is 5.51. The van der Waals surface area contributed by atoms with E-state index in [-0.39, 0.29) is 0 Å². The van der Waals surface area contributed by atoms with Crippen LogP contribution in [0.3, 0.4) is 0 Å². The molecule has 1 aliphatic rings. The second-order valence-corrected chi connectivity index (χ2v) is 6.02. The number of rotatable bonds is 7. The summed E-state index contributed by atoms with van der Waals surface area (Å²) in [6.07, 6.45) is 5.25. The van der Waals surface area contributed by atoms with Crippen LogP contribution in [0.15, 0.2) is 21.8 Å². The van der Waals surface area contributed by atoms with Gasteiger partial charge in [0, 0.05) is 20.1 Å². The molecule has 112 valence electrons. The molecule has 2 N–H and O–H groups in total. The number of thiophene rings is 1. The number of nitrogens with zero attached hydrogens (tertiary/aromatic N) is 2. The van der Waals surface area contributed by atoms with E-state index in [9.17, 15) is 0 Å². The van der Waals surface area contributed by atoms with Gasteiger partial charge in [-0.15, -0.1) is 0 Å². The second-order valence-electron chi connectivity index (χ2n) is 5.24. The van der Waals surface area contributed by atoms with Crippen LogP contribution >= 0.6 is 11.3 Å². The summed E-state index contributed by atoms with van der Waals surface area (Å²) in [5.74, 6) is 0.900. The highest BCUT2D eigenvalue weighted by molar-refractivity contribution is 7.07. The third-order valence-corrected chi connectivity index (χ3v) is 4.39. The molecule has 1 aromatic heterocycles. The van der Waals surface area contributed by atoms with E-state index < -0.39 is 0 Å². The minimum Gasteiger partial charge on any atom is -0.356 e. The Bertz CT molecular complexity index is 383. The molecule has 5 heteroatoms. The van der Waals surface area contributed by atoms with Gasteiger partial charge in [-0.3, -0.25) is 4.99 Å². The molecule has 1 fully saturated rings. The molecule has 1 aliphatic heterocycles. The van der Waals surface area contributed by atoms with Crippen LogP contribution < -0.4 is 10.6 Å². The minimum absolute atomic E-state index is 0.844. The lowest BCUT2D eigenvalue weighted by Crippen LogP contribution is -2.37. The quantitative estimate of drug-likeness (QED) is 0.460.